The van der Waals surface area contributed by atoms with E-state index >= 15 is 0 Å². The first kappa shape index (κ1) is 15.6. The van der Waals surface area contributed by atoms with Crippen molar-refractivity contribution in [2.45, 2.75) is 13.3 Å². The number of hydrogen-bond donors (Lipinski definition) is 1. The van der Waals surface area contributed by atoms with E-state index in [9.17, 15) is 4.79 Å². The van der Waals surface area contributed by atoms with Crippen molar-refractivity contribution in [3.8, 4) is 5.75 Å². The number of anilines is 1. The Morgan fingerprint density at radius 1 is 1.33 bits per heavy atom. The third kappa shape index (κ3) is 4.09. The van der Waals surface area contributed by atoms with Gasteiger partial charge < -0.3 is 10.1 Å². The van der Waals surface area contributed by atoms with Crippen LogP contribution in [0.1, 0.15) is 23.7 Å². The van der Waals surface area contributed by atoms with Crippen LogP contribution in [0, 0.1) is 0 Å². The van der Waals surface area contributed by atoms with Gasteiger partial charge in [-0.15, -0.1) is 0 Å². The van der Waals surface area contributed by atoms with E-state index in [-0.39, 0.29) is 10.9 Å². The van der Waals surface area contributed by atoms with E-state index in [2.05, 4.69) is 10.3 Å². The van der Waals surface area contributed by atoms with Crippen molar-refractivity contribution >= 4 is 34.8 Å². The van der Waals surface area contributed by atoms with Crippen LogP contribution >= 0.6 is 23.2 Å². The fourth-order valence-electron chi connectivity index (χ4n) is 1.69. The molecule has 1 heterocycles. The van der Waals surface area contributed by atoms with Crippen molar-refractivity contribution in [2.75, 3.05) is 11.9 Å². The van der Waals surface area contributed by atoms with Gasteiger partial charge in [0.2, 0.25) is 0 Å². The van der Waals surface area contributed by atoms with E-state index in [4.69, 9.17) is 27.9 Å². The Kier molecular flexibility index (Phi) is 5.42. The van der Waals surface area contributed by atoms with Gasteiger partial charge in [0.15, 0.2) is 0 Å². The summed E-state index contributed by atoms with van der Waals surface area (Å²) in [4.78, 5) is 16.1. The number of amides is 1. The van der Waals surface area contributed by atoms with E-state index < -0.39 is 0 Å². The Morgan fingerprint density at radius 3 is 2.86 bits per heavy atom. The SMILES string of the molecule is CCCOc1ccc(Cl)cc1NC(=O)c1ccncc1Cl. The van der Waals surface area contributed by atoms with Gasteiger partial charge in [0, 0.05) is 17.4 Å². The maximum absolute atomic E-state index is 12.3. The number of halogens is 2. The van der Waals surface area contributed by atoms with Gasteiger partial charge in [-0.25, -0.2) is 0 Å². The van der Waals surface area contributed by atoms with Crippen LogP contribution < -0.4 is 10.1 Å². The summed E-state index contributed by atoms with van der Waals surface area (Å²) in [6, 6.07) is 6.62. The summed E-state index contributed by atoms with van der Waals surface area (Å²) in [5.74, 6) is 0.228. The third-order valence-electron chi connectivity index (χ3n) is 2.67. The fourth-order valence-corrected chi connectivity index (χ4v) is 2.06. The van der Waals surface area contributed by atoms with Crippen LogP contribution in [0.5, 0.6) is 5.75 Å². The highest BCUT2D eigenvalue weighted by molar-refractivity contribution is 6.34. The van der Waals surface area contributed by atoms with Crippen LogP contribution in [-0.2, 0) is 0 Å². The first-order valence-electron chi connectivity index (χ1n) is 6.45. The summed E-state index contributed by atoms with van der Waals surface area (Å²) < 4.78 is 5.59. The average molecular weight is 325 g/mol. The molecule has 1 amide bonds. The number of pyridine rings is 1. The van der Waals surface area contributed by atoms with Gasteiger partial charge in [0.1, 0.15) is 5.75 Å². The van der Waals surface area contributed by atoms with Crippen LogP contribution in [0.25, 0.3) is 0 Å². The summed E-state index contributed by atoms with van der Waals surface area (Å²) >= 11 is 11.9. The molecule has 4 nitrogen and oxygen atoms in total. The minimum absolute atomic E-state index is 0.285. The van der Waals surface area contributed by atoms with Crippen LogP contribution in [0.3, 0.4) is 0 Å². The Labute approximate surface area is 133 Å². The van der Waals surface area contributed by atoms with E-state index in [1.807, 2.05) is 6.92 Å². The molecule has 2 rings (SSSR count). The molecule has 0 atom stereocenters. The highest BCUT2D eigenvalue weighted by atomic mass is 35.5. The molecule has 0 saturated carbocycles. The second-order valence-electron chi connectivity index (χ2n) is 4.30. The summed E-state index contributed by atoms with van der Waals surface area (Å²) in [5, 5.41) is 3.55. The van der Waals surface area contributed by atoms with Crippen molar-refractivity contribution in [3.05, 3.63) is 52.3 Å². The number of rotatable bonds is 5. The van der Waals surface area contributed by atoms with E-state index in [0.717, 1.165) is 6.42 Å². The second kappa shape index (κ2) is 7.29. The van der Waals surface area contributed by atoms with Crippen LogP contribution in [0.2, 0.25) is 10.0 Å². The quantitative estimate of drug-likeness (QED) is 0.885. The molecule has 0 bridgehead atoms. The maximum atomic E-state index is 12.3. The smallest absolute Gasteiger partial charge is 0.257 e. The van der Waals surface area contributed by atoms with Gasteiger partial charge in [-0.3, -0.25) is 9.78 Å². The van der Waals surface area contributed by atoms with Crippen molar-refractivity contribution < 1.29 is 9.53 Å². The molecule has 0 saturated heterocycles. The van der Waals surface area contributed by atoms with Gasteiger partial charge in [-0.05, 0) is 30.7 Å². The lowest BCUT2D eigenvalue weighted by atomic mass is 10.2. The third-order valence-corrected chi connectivity index (χ3v) is 3.20. The molecule has 21 heavy (non-hydrogen) atoms. The summed E-state index contributed by atoms with van der Waals surface area (Å²) in [6.07, 6.45) is 3.79. The number of nitrogens with one attached hydrogen (secondary N) is 1. The normalized spacial score (nSPS) is 10.2. The lowest BCUT2D eigenvalue weighted by molar-refractivity contribution is 0.102. The predicted molar refractivity (Wildman–Crippen MR) is 84.4 cm³/mol. The zero-order valence-electron chi connectivity index (χ0n) is 11.4. The van der Waals surface area contributed by atoms with E-state index in [0.29, 0.717) is 28.6 Å². The molecule has 1 N–H and O–H groups in total. The number of carbonyl (C=O) groups is 1. The summed E-state index contributed by atoms with van der Waals surface area (Å²) in [6.45, 7) is 2.56. The Hall–Kier alpha value is -1.78. The number of hydrogen-bond acceptors (Lipinski definition) is 3. The number of ether oxygens (including phenoxy) is 1. The van der Waals surface area contributed by atoms with Crippen molar-refractivity contribution in [2.24, 2.45) is 0 Å². The molecule has 0 spiro atoms. The minimum atomic E-state index is -0.342. The molecular formula is C15H14Cl2N2O2. The van der Waals surface area contributed by atoms with Crippen LogP contribution in [-0.4, -0.2) is 17.5 Å². The van der Waals surface area contributed by atoms with E-state index in [1.54, 1.807) is 24.3 Å². The van der Waals surface area contributed by atoms with Gasteiger partial charge in [0.25, 0.3) is 5.91 Å². The maximum Gasteiger partial charge on any atom is 0.257 e. The first-order valence-corrected chi connectivity index (χ1v) is 7.20. The molecule has 0 fully saturated rings. The lowest BCUT2D eigenvalue weighted by Crippen LogP contribution is -2.13. The van der Waals surface area contributed by atoms with Crippen LogP contribution in [0.4, 0.5) is 5.69 Å². The fraction of sp³-hybridized carbons (Fsp3) is 0.200. The van der Waals surface area contributed by atoms with Crippen molar-refractivity contribution in [1.82, 2.24) is 4.98 Å². The summed E-state index contributed by atoms with van der Waals surface area (Å²) in [5.41, 5.74) is 0.849. The number of nitrogens with zero attached hydrogens (tertiary/aromatic N) is 1. The number of aromatic nitrogens is 1. The lowest BCUT2D eigenvalue weighted by Gasteiger charge is -2.13. The second-order valence-corrected chi connectivity index (χ2v) is 5.14. The standard InChI is InChI=1S/C15H14Cl2N2O2/c1-2-7-21-14-4-3-10(16)8-13(14)19-15(20)11-5-6-18-9-12(11)17/h3-6,8-9H,2,7H2,1H3,(H,19,20). The highest BCUT2D eigenvalue weighted by Crippen LogP contribution is 2.29. The average Bonchev–Trinajstić information content (AvgIpc) is 2.47. The zero-order valence-corrected chi connectivity index (χ0v) is 12.9. The van der Waals surface area contributed by atoms with Crippen molar-refractivity contribution in [3.63, 3.8) is 0 Å². The Balaban J connectivity index is 2.24. The minimum Gasteiger partial charge on any atom is -0.491 e. The predicted octanol–water partition coefficient (Wildman–Crippen LogP) is 4.43. The number of carbonyl (C=O) groups excluding carboxylic acids is 1. The molecule has 0 radical (unpaired) electrons. The summed E-state index contributed by atoms with van der Waals surface area (Å²) in [7, 11) is 0. The highest BCUT2D eigenvalue weighted by Gasteiger charge is 2.13. The molecule has 2 aromatic rings. The topological polar surface area (TPSA) is 51.2 Å². The van der Waals surface area contributed by atoms with Gasteiger partial charge in [-0.2, -0.15) is 0 Å². The van der Waals surface area contributed by atoms with Gasteiger partial charge in [-0.1, -0.05) is 30.1 Å². The molecule has 6 heteroatoms. The molecule has 1 aromatic carbocycles. The molecule has 1 aromatic heterocycles. The molecule has 0 aliphatic carbocycles. The zero-order chi connectivity index (χ0) is 15.2. The van der Waals surface area contributed by atoms with Gasteiger partial charge >= 0.3 is 0 Å². The molecule has 0 aliphatic heterocycles. The van der Waals surface area contributed by atoms with Gasteiger partial charge in [0.05, 0.1) is 22.9 Å². The molecule has 0 aliphatic rings. The molecule has 0 unspecified atom stereocenters. The molecule has 110 valence electrons. The van der Waals surface area contributed by atoms with Crippen molar-refractivity contribution in [1.29, 1.82) is 0 Å². The monoisotopic (exact) mass is 324 g/mol. The molecular weight excluding hydrogens is 311 g/mol. The first-order chi connectivity index (χ1) is 10.1. The largest absolute Gasteiger partial charge is 0.491 e. The van der Waals surface area contributed by atoms with E-state index in [1.165, 1.54) is 12.4 Å². The number of benzene rings is 1. The Morgan fingerprint density at radius 2 is 2.14 bits per heavy atom. The van der Waals surface area contributed by atoms with Crippen LogP contribution in [0.15, 0.2) is 36.7 Å². The Bertz CT molecular complexity index is 647.